The van der Waals surface area contributed by atoms with Gasteiger partial charge in [0.2, 0.25) is 10.0 Å². The van der Waals surface area contributed by atoms with E-state index in [4.69, 9.17) is 23.2 Å². The van der Waals surface area contributed by atoms with Crippen molar-refractivity contribution < 1.29 is 13.2 Å². The van der Waals surface area contributed by atoms with Crippen LogP contribution in [0.3, 0.4) is 0 Å². The minimum Gasteiger partial charge on any atom is -0.338 e. The SMILES string of the molecule is CS(=O)(=O)NC1CCN(C(=O)c2cc(Cl)ccc2Cl)CC1. The summed E-state index contributed by atoms with van der Waals surface area (Å²) in [6, 6.07) is 4.64. The summed E-state index contributed by atoms with van der Waals surface area (Å²) in [5.74, 6) is -0.180. The van der Waals surface area contributed by atoms with Gasteiger partial charge < -0.3 is 4.90 Å². The van der Waals surface area contributed by atoms with Crippen LogP contribution in [0.15, 0.2) is 18.2 Å². The first-order chi connectivity index (χ1) is 9.76. The van der Waals surface area contributed by atoms with Gasteiger partial charge in [-0.3, -0.25) is 4.79 Å². The number of rotatable bonds is 3. The molecule has 0 bridgehead atoms. The van der Waals surface area contributed by atoms with Gasteiger partial charge >= 0.3 is 0 Å². The number of sulfonamides is 1. The Hall–Kier alpha value is -0.820. The fourth-order valence-corrected chi connectivity index (χ4v) is 3.55. The van der Waals surface area contributed by atoms with Crippen LogP contribution in [0.25, 0.3) is 0 Å². The van der Waals surface area contributed by atoms with E-state index in [0.29, 0.717) is 41.5 Å². The number of likely N-dealkylation sites (tertiary alicyclic amines) is 1. The van der Waals surface area contributed by atoms with Crippen molar-refractivity contribution in [2.45, 2.75) is 18.9 Å². The number of hydrogen-bond donors (Lipinski definition) is 1. The third-order valence-electron chi connectivity index (χ3n) is 3.32. The predicted octanol–water partition coefficient (Wildman–Crippen LogP) is 2.15. The molecule has 21 heavy (non-hydrogen) atoms. The van der Waals surface area contributed by atoms with Gasteiger partial charge in [-0.15, -0.1) is 0 Å². The fraction of sp³-hybridized carbons (Fsp3) is 0.462. The number of nitrogens with zero attached hydrogens (tertiary/aromatic N) is 1. The van der Waals surface area contributed by atoms with Crippen LogP contribution < -0.4 is 4.72 Å². The molecule has 1 heterocycles. The van der Waals surface area contributed by atoms with Gasteiger partial charge in [-0.2, -0.15) is 0 Å². The summed E-state index contributed by atoms with van der Waals surface area (Å²) in [4.78, 5) is 14.1. The van der Waals surface area contributed by atoms with E-state index in [-0.39, 0.29) is 11.9 Å². The third kappa shape index (κ3) is 4.57. The normalized spacial score (nSPS) is 17.0. The number of carbonyl (C=O) groups is 1. The van der Waals surface area contributed by atoms with Crippen LogP contribution >= 0.6 is 23.2 Å². The minimum absolute atomic E-state index is 0.126. The Bertz CT molecular complexity index is 641. The molecule has 1 aromatic carbocycles. The number of piperidine rings is 1. The molecule has 1 saturated heterocycles. The number of amides is 1. The third-order valence-corrected chi connectivity index (χ3v) is 4.65. The maximum absolute atomic E-state index is 12.4. The van der Waals surface area contributed by atoms with Crippen LogP contribution in [-0.4, -0.2) is 44.6 Å². The molecule has 0 atom stereocenters. The lowest BCUT2D eigenvalue weighted by Gasteiger charge is -2.32. The molecule has 1 aromatic rings. The first kappa shape index (κ1) is 16.5. The van der Waals surface area contributed by atoms with E-state index in [1.165, 1.54) is 0 Å². The van der Waals surface area contributed by atoms with E-state index in [1.807, 2.05) is 0 Å². The van der Waals surface area contributed by atoms with Crippen LogP contribution in [0.4, 0.5) is 0 Å². The molecule has 1 fully saturated rings. The maximum Gasteiger partial charge on any atom is 0.255 e. The molecular formula is C13H16Cl2N2O3S. The summed E-state index contributed by atoms with van der Waals surface area (Å²) in [6.45, 7) is 0.962. The Balaban J connectivity index is 2.02. The standard InChI is InChI=1S/C13H16Cl2N2O3S/c1-21(19,20)16-10-4-6-17(7-5-10)13(18)11-8-9(14)2-3-12(11)15/h2-3,8,10,16H,4-7H2,1H3. The van der Waals surface area contributed by atoms with Crippen LogP contribution in [0.5, 0.6) is 0 Å². The quantitative estimate of drug-likeness (QED) is 0.907. The van der Waals surface area contributed by atoms with Crippen LogP contribution in [0, 0.1) is 0 Å². The first-order valence-electron chi connectivity index (χ1n) is 6.48. The highest BCUT2D eigenvalue weighted by atomic mass is 35.5. The maximum atomic E-state index is 12.4. The second kappa shape index (κ2) is 6.52. The van der Waals surface area contributed by atoms with Gasteiger partial charge in [0.25, 0.3) is 5.91 Å². The summed E-state index contributed by atoms with van der Waals surface area (Å²) in [7, 11) is -3.22. The zero-order valence-electron chi connectivity index (χ0n) is 11.5. The molecule has 1 amide bonds. The zero-order valence-corrected chi connectivity index (χ0v) is 13.8. The highest BCUT2D eigenvalue weighted by molar-refractivity contribution is 7.88. The van der Waals surface area contributed by atoms with Gasteiger partial charge in [-0.25, -0.2) is 13.1 Å². The summed E-state index contributed by atoms with van der Waals surface area (Å²) < 4.78 is 25.0. The van der Waals surface area contributed by atoms with Crippen molar-refractivity contribution in [2.75, 3.05) is 19.3 Å². The van der Waals surface area contributed by atoms with Gasteiger partial charge in [-0.05, 0) is 31.0 Å². The summed E-state index contributed by atoms with van der Waals surface area (Å²) in [5, 5.41) is 0.817. The average Bonchev–Trinajstić information content (AvgIpc) is 2.40. The van der Waals surface area contributed by atoms with Crippen LogP contribution in [0.1, 0.15) is 23.2 Å². The number of benzene rings is 1. The van der Waals surface area contributed by atoms with Gasteiger partial charge in [0.15, 0.2) is 0 Å². The van der Waals surface area contributed by atoms with Crippen LogP contribution in [-0.2, 0) is 10.0 Å². The van der Waals surface area contributed by atoms with Gasteiger partial charge in [-0.1, -0.05) is 23.2 Å². The highest BCUT2D eigenvalue weighted by Crippen LogP contribution is 2.23. The number of halogens is 2. The topological polar surface area (TPSA) is 66.5 Å². The molecule has 1 aliphatic rings. The summed E-state index contributed by atoms with van der Waals surface area (Å²) in [5.41, 5.74) is 0.374. The van der Waals surface area contributed by atoms with Crippen molar-refractivity contribution >= 4 is 39.1 Å². The Morgan fingerprint density at radius 1 is 1.29 bits per heavy atom. The number of carbonyl (C=O) groups excluding carboxylic acids is 1. The van der Waals surface area contributed by atoms with E-state index in [9.17, 15) is 13.2 Å². The van der Waals surface area contributed by atoms with E-state index < -0.39 is 10.0 Å². The molecule has 5 nitrogen and oxygen atoms in total. The molecule has 0 saturated carbocycles. The van der Waals surface area contributed by atoms with Crippen molar-refractivity contribution in [1.82, 2.24) is 9.62 Å². The van der Waals surface area contributed by atoms with Crippen molar-refractivity contribution in [3.05, 3.63) is 33.8 Å². The Labute approximate surface area is 134 Å². The van der Waals surface area contributed by atoms with Gasteiger partial charge in [0.05, 0.1) is 16.8 Å². The molecule has 0 aromatic heterocycles. The molecule has 0 radical (unpaired) electrons. The molecule has 0 unspecified atom stereocenters. The Kier molecular flexibility index (Phi) is 5.14. The molecule has 0 aliphatic carbocycles. The lowest BCUT2D eigenvalue weighted by Crippen LogP contribution is -2.46. The average molecular weight is 351 g/mol. The molecule has 2 rings (SSSR count). The fourth-order valence-electron chi connectivity index (χ4n) is 2.33. The molecule has 0 spiro atoms. The van der Waals surface area contributed by atoms with Crippen molar-refractivity contribution in [1.29, 1.82) is 0 Å². The monoisotopic (exact) mass is 350 g/mol. The second-order valence-corrected chi connectivity index (χ2v) is 7.70. The zero-order chi connectivity index (χ0) is 15.6. The molecule has 8 heteroatoms. The molecular weight excluding hydrogens is 335 g/mol. The first-order valence-corrected chi connectivity index (χ1v) is 9.12. The van der Waals surface area contributed by atoms with E-state index in [0.717, 1.165) is 6.26 Å². The van der Waals surface area contributed by atoms with Crippen molar-refractivity contribution in [2.24, 2.45) is 0 Å². The lowest BCUT2D eigenvalue weighted by atomic mass is 10.0. The van der Waals surface area contributed by atoms with E-state index >= 15 is 0 Å². The number of nitrogens with one attached hydrogen (secondary N) is 1. The van der Waals surface area contributed by atoms with Gasteiger partial charge in [0.1, 0.15) is 0 Å². The molecule has 1 aliphatic heterocycles. The van der Waals surface area contributed by atoms with E-state index in [1.54, 1.807) is 23.1 Å². The van der Waals surface area contributed by atoms with Crippen molar-refractivity contribution in [3.8, 4) is 0 Å². The highest BCUT2D eigenvalue weighted by Gasteiger charge is 2.26. The smallest absolute Gasteiger partial charge is 0.255 e. The largest absolute Gasteiger partial charge is 0.338 e. The molecule has 1 N–H and O–H groups in total. The van der Waals surface area contributed by atoms with Crippen LogP contribution in [0.2, 0.25) is 10.0 Å². The van der Waals surface area contributed by atoms with Crippen molar-refractivity contribution in [3.63, 3.8) is 0 Å². The van der Waals surface area contributed by atoms with E-state index in [2.05, 4.69) is 4.72 Å². The lowest BCUT2D eigenvalue weighted by molar-refractivity contribution is 0.0711. The van der Waals surface area contributed by atoms with Gasteiger partial charge in [0, 0.05) is 24.2 Å². The predicted molar refractivity (Wildman–Crippen MR) is 83.4 cm³/mol. The molecule has 116 valence electrons. The number of hydrogen-bond acceptors (Lipinski definition) is 3. The summed E-state index contributed by atoms with van der Waals surface area (Å²) >= 11 is 11.9. The Morgan fingerprint density at radius 3 is 2.48 bits per heavy atom. The Morgan fingerprint density at radius 2 is 1.90 bits per heavy atom. The summed E-state index contributed by atoms with van der Waals surface area (Å²) in [6.07, 6.45) is 2.30. The second-order valence-electron chi connectivity index (χ2n) is 5.08. The minimum atomic E-state index is -3.22.